The SMILES string of the molecule is O=S(=O)(C1=C[C@H]2C=C[C@@H]1C2)c1ccccc1. The van der Waals surface area contributed by atoms with Crippen LogP contribution in [0.15, 0.2) is 58.4 Å². The summed E-state index contributed by atoms with van der Waals surface area (Å²) in [5.74, 6) is 0.439. The minimum Gasteiger partial charge on any atom is -0.219 e. The molecule has 3 heteroatoms. The summed E-state index contributed by atoms with van der Waals surface area (Å²) in [4.78, 5) is 0.994. The van der Waals surface area contributed by atoms with Gasteiger partial charge in [-0.15, -0.1) is 0 Å². The van der Waals surface area contributed by atoms with Crippen molar-refractivity contribution in [2.45, 2.75) is 11.3 Å². The molecule has 0 amide bonds. The molecule has 0 fully saturated rings. The zero-order chi connectivity index (χ0) is 11.2. The number of fused-ring (bicyclic) bond motifs is 2. The minimum atomic E-state index is -3.26. The Hall–Kier alpha value is -1.35. The Morgan fingerprint density at radius 3 is 2.38 bits per heavy atom. The molecule has 0 radical (unpaired) electrons. The molecule has 1 aromatic carbocycles. The highest BCUT2D eigenvalue weighted by Gasteiger charge is 2.36. The molecule has 1 aromatic rings. The van der Waals surface area contributed by atoms with Crippen molar-refractivity contribution in [2.24, 2.45) is 11.8 Å². The van der Waals surface area contributed by atoms with Gasteiger partial charge in [0.15, 0.2) is 0 Å². The predicted octanol–water partition coefficient (Wildman–Crippen LogP) is 2.55. The number of sulfone groups is 1. The van der Waals surface area contributed by atoms with Gasteiger partial charge in [-0.25, -0.2) is 8.42 Å². The third-order valence-electron chi connectivity index (χ3n) is 3.22. The van der Waals surface area contributed by atoms with Crippen molar-refractivity contribution in [1.82, 2.24) is 0 Å². The van der Waals surface area contributed by atoms with E-state index in [-0.39, 0.29) is 5.92 Å². The first kappa shape index (κ1) is 9.85. The van der Waals surface area contributed by atoms with Gasteiger partial charge in [0.25, 0.3) is 0 Å². The molecular formula is C13H12O2S. The van der Waals surface area contributed by atoms with E-state index in [9.17, 15) is 8.42 Å². The van der Waals surface area contributed by atoms with Crippen molar-refractivity contribution < 1.29 is 8.42 Å². The van der Waals surface area contributed by atoms with Crippen LogP contribution in [0.2, 0.25) is 0 Å². The van der Waals surface area contributed by atoms with Crippen LogP contribution in [0, 0.1) is 11.8 Å². The zero-order valence-electron chi connectivity index (χ0n) is 8.71. The van der Waals surface area contributed by atoms with Crippen molar-refractivity contribution in [3.05, 3.63) is 53.5 Å². The maximum absolute atomic E-state index is 12.3. The summed E-state index contributed by atoms with van der Waals surface area (Å²) < 4.78 is 24.6. The number of rotatable bonds is 2. The van der Waals surface area contributed by atoms with Crippen molar-refractivity contribution in [3.8, 4) is 0 Å². The Morgan fingerprint density at radius 2 is 1.81 bits per heavy atom. The predicted molar refractivity (Wildman–Crippen MR) is 62.4 cm³/mol. The third kappa shape index (κ3) is 1.35. The molecule has 2 atom stereocenters. The van der Waals surface area contributed by atoms with E-state index in [1.54, 1.807) is 24.3 Å². The summed E-state index contributed by atoms with van der Waals surface area (Å²) in [6.07, 6.45) is 6.93. The topological polar surface area (TPSA) is 34.1 Å². The molecule has 3 rings (SSSR count). The molecular weight excluding hydrogens is 220 g/mol. The average Bonchev–Trinajstić information content (AvgIpc) is 2.92. The molecule has 2 aliphatic rings. The largest absolute Gasteiger partial charge is 0.219 e. The van der Waals surface area contributed by atoms with Gasteiger partial charge in [0.05, 0.1) is 9.80 Å². The van der Waals surface area contributed by atoms with Gasteiger partial charge in [-0.3, -0.25) is 0 Å². The Bertz CT molecular complexity index is 567. The monoisotopic (exact) mass is 232 g/mol. The fraction of sp³-hybridized carbons (Fsp3) is 0.231. The number of hydrogen-bond acceptors (Lipinski definition) is 2. The Kier molecular flexibility index (Phi) is 2.04. The van der Waals surface area contributed by atoms with Gasteiger partial charge < -0.3 is 0 Å². The molecule has 0 heterocycles. The van der Waals surface area contributed by atoms with Gasteiger partial charge in [0, 0.05) is 5.92 Å². The van der Waals surface area contributed by atoms with Gasteiger partial charge in [-0.05, 0) is 24.5 Å². The van der Waals surface area contributed by atoms with Gasteiger partial charge in [-0.2, -0.15) is 0 Å². The second kappa shape index (κ2) is 3.32. The van der Waals surface area contributed by atoms with Crippen LogP contribution in [0.1, 0.15) is 6.42 Å². The number of benzene rings is 1. The fourth-order valence-electron chi connectivity index (χ4n) is 2.42. The van der Waals surface area contributed by atoms with Crippen LogP contribution in [0.25, 0.3) is 0 Å². The first-order valence-corrected chi connectivity index (χ1v) is 6.86. The zero-order valence-corrected chi connectivity index (χ0v) is 9.52. The van der Waals surface area contributed by atoms with Gasteiger partial charge in [0.2, 0.25) is 9.84 Å². The first-order valence-electron chi connectivity index (χ1n) is 5.38. The average molecular weight is 232 g/mol. The second-order valence-electron chi connectivity index (χ2n) is 4.28. The molecule has 0 N–H and O–H groups in total. The second-order valence-corrected chi connectivity index (χ2v) is 6.23. The summed E-state index contributed by atoms with van der Waals surface area (Å²) in [7, 11) is -3.26. The smallest absolute Gasteiger partial charge is 0.203 e. The van der Waals surface area contributed by atoms with Crippen molar-refractivity contribution in [3.63, 3.8) is 0 Å². The lowest BCUT2D eigenvalue weighted by Gasteiger charge is -2.10. The van der Waals surface area contributed by atoms with Crippen molar-refractivity contribution in [1.29, 1.82) is 0 Å². The minimum absolute atomic E-state index is 0.107. The van der Waals surface area contributed by atoms with Gasteiger partial charge >= 0.3 is 0 Å². The maximum atomic E-state index is 12.3. The summed E-state index contributed by atoms with van der Waals surface area (Å²) in [6, 6.07) is 8.67. The van der Waals surface area contributed by atoms with E-state index >= 15 is 0 Å². The fourth-order valence-corrected chi connectivity index (χ4v) is 4.14. The molecule has 0 spiro atoms. The summed E-state index contributed by atoms with van der Waals surface area (Å²) in [5.41, 5.74) is 0. The van der Waals surface area contributed by atoms with E-state index < -0.39 is 9.84 Å². The molecule has 2 nitrogen and oxygen atoms in total. The van der Waals surface area contributed by atoms with Crippen molar-refractivity contribution >= 4 is 9.84 Å². The molecule has 0 aromatic heterocycles. The normalized spacial score (nSPS) is 27.1. The van der Waals surface area contributed by atoms with E-state index in [0.29, 0.717) is 15.7 Å². The molecule has 82 valence electrons. The van der Waals surface area contributed by atoms with Crippen LogP contribution in [0.3, 0.4) is 0 Å². The van der Waals surface area contributed by atoms with Crippen LogP contribution in [-0.2, 0) is 9.84 Å². The van der Waals surface area contributed by atoms with Crippen LogP contribution in [0.5, 0.6) is 0 Å². The lowest BCUT2D eigenvalue weighted by molar-refractivity contribution is 0.596. The molecule has 2 bridgehead atoms. The lowest BCUT2D eigenvalue weighted by Crippen LogP contribution is -2.09. The van der Waals surface area contributed by atoms with E-state index in [0.717, 1.165) is 6.42 Å². The molecule has 2 aliphatic carbocycles. The molecule has 0 unspecified atom stereocenters. The highest BCUT2D eigenvalue weighted by Crippen LogP contribution is 2.42. The molecule has 0 saturated heterocycles. The first-order chi connectivity index (χ1) is 7.68. The standard InChI is InChI=1S/C13H12O2S/c14-16(15,12-4-2-1-3-5-12)13-9-10-6-7-11(13)8-10/h1-7,9-11H,8H2/t10-,11+/m0/s1. The highest BCUT2D eigenvalue weighted by atomic mass is 32.2. The summed E-state index contributed by atoms with van der Waals surface area (Å²) >= 11 is 0. The van der Waals surface area contributed by atoms with Gasteiger partial charge in [-0.1, -0.05) is 36.4 Å². The van der Waals surface area contributed by atoms with Crippen LogP contribution in [0.4, 0.5) is 0 Å². The Balaban J connectivity index is 2.05. The van der Waals surface area contributed by atoms with Gasteiger partial charge in [0.1, 0.15) is 0 Å². The summed E-state index contributed by atoms with van der Waals surface area (Å²) in [6.45, 7) is 0. The number of hydrogen-bond donors (Lipinski definition) is 0. The lowest BCUT2D eigenvalue weighted by atomic mass is 10.2. The van der Waals surface area contributed by atoms with E-state index in [1.807, 2.05) is 18.2 Å². The van der Waals surface area contributed by atoms with Crippen molar-refractivity contribution in [2.75, 3.05) is 0 Å². The number of allylic oxidation sites excluding steroid dienone is 4. The Morgan fingerprint density at radius 1 is 1.06 bits per heavy atom. The van der Waals surface area contributed by atoms with E-state index in [1.165, 1.54) is 0 Å². The van der Waals surface area contributed by atoms with E-state index in [2.05, 4.69) is 6.08 Å². The molecule has 0 saturated carbocycles. The molecule has 0 aliphatic heterocycles. The van der Waals surface area contributed by atoms with Crippen LogP contribution >= 0.6 is 0 Å². The third-order valence-corrected chi connectivity index (χ3v) is 5.18. The summed E-state index contributed by atoms with van der Waals surface area (Å²) in [5, 5.41) is 0. The maximum Gasteiger partial charge on any atom is 0.203 e. The highest BCUT2D eigenvalue weighted by molar-refractivity contribution is 7.95. The van der Waals surface area contributed by atoms with Crippen LogP contribution in [-0.4, -0.2) is 8.42 Å². The quantitative estimate of drug-likeness (QED) is 0.734. The Labute approximate surface area is 95.2 Å². The molecule has 16 heavy (non-hydrogen) atoms. The van der Waals surface area contributed by atoms with E-state index in [4.69, 9.17) is 0 Å². The van der Waals surface area contributed by atoms with Crippen LogP contribution < -0.4 is 0 Å².